The molecule has 44 heavy (non-hydrogen) atoms. The maximum Gasteiger partial charge on any atom is 0.270 e. The van der Waals surface area contributed by atoms with Gasteiger partial charge in [-0.1, -0.05) is 41.9 Å². The second kappa shape index (κ2) is 14.3. The molecule has 2 fully saturated rings. The quantitative estimate of drug-likeness (QED) is 0.167. The van der Waals surface area contributed by atoms with E-state index in [1.807, 2.05) is 47.4 Å². The molecule has 0 unspecified atom stereocenters. The lowest BCUT2D eigenvalue weighted by Gasteiger charge is -2.36. The lowest BCUT2D eigenvalue weighted by molar-refractivity contribution is -0.384. The Morgan fingerprint density at radius 2 is 1.59 bits per heavy atom. The van der Waals surface area contributed by atoms with E-state index in [1.165, 1.54) is 12.1 Å². The lowest BCUT2D eigenvalue weighted by atomic mass is 10.1. The molecule has 0 atom stereocenters. The van der Waals surface area contributed by atoms with Crippen molar-refractivity contribution in [2.45, 2.75) is 0 Å². The SMILES string of the molecule is O=C(NC(=S)Nc1cc(Cl)ccc1N1CCN(C(=O)/C=C/c2ccccc2)CC1)c1cc([N+](=O)[O-])ccc1N1CCOCC1. The zero-order valence-corrected chi connectivity index (χ0v) is 25.4. The van der Waals surface area contributed by atoms with Crippen LogP contribution < -0.4 is 20.4 Å². The molecule has 11 nitrogen and oxygen atoms in total. The first kappa shape index (κ1) is 30.9. The molecule has 2 amide bonds. The van der Waals surface area contributed by atoms with Crippen molar-refractivity contribution in [1.29, 1.82) is 0 Å². The Labute approximate surface area is 265 Å². The minimum absolute atomic E-state index is 0.0119. The molecule has 0 saturated carbocycles. The van der Waals surface area contributed by atoms with Crippen LogP contribution in [-0.4, -0.2) is 79.2 Å². The number of nitro benzene ring substituents is 1. The smallest absolute Gasteiger partial charge is 0.270 e. The topological polar surface area (TPSA) is 120 Å². The number of piperazine rings is 1. The Balaban J connectivity index is 1.25. The summed E-state index contributed by atoms with van der Waals surface area (Å²) in [6, 6.07) is 19.2. The molecular weight excluding hydrogens is 604 g/mol. The van der Waals surface area contributed by atoms with Gasteiger partial charge in [-0.25, -0.2) is 0 Å². The summed E-state index contributed by atoms with van der Waals surface area (Å²) in [6.07, 6.45) is 3.40. The number of rotatable bonds is 7. The second-order valence-corrected chi connectivity index (χ2v) is 11.0. The molecule has 3 aromatic carbocycles. The maximum absolute atomic E-state index is 13.4. The van der Waals surface area contributed by atoms with Crippen LogP contribution in [-0.2, 0) is 9.53 Å². The summed E-state index contributed by atoms with van der Waals surface area (Å²) in [7, 11) is 0. The number of amides is 2. The van der Waals surface area contributed by atoms with Crippen LogP contribution in [0.4, 0.5) is 22.7 Å². The van der Waals surface area contributed by atoms with E-state index in [0.29, 0.717) is 68.9 Å². The number of anilines is 3. The van der Waals surface area contributed by atoms with Crippen LogP contribution in [0.3, 0.4) is 0 Å². The van der Waals surface area contributed by atoms with Gasteiger partial charge in [-0.15, -0.1) is 0 Å². The summed E-state index contributed by atoms with van der Waals surface area (Å²) in [5.74, 6) is -0.628. The average molecular weight is 635 g/mol. The normalized spacial score (nSPS) is 15.2. The largest absolute Gasteiger partial charge is 0.378 e. The van der Waals surface area contributed by atoms with Crippen molar-refractivity contribution < 1.29 is 19.2 Å². The molecule has 0 bridgehead atoms. The number of benzene rings is 3. The molecule has 0 aliphatic carbocycles. The van der Waals surface area contributed by atoms with Crippen molar-refractivity contribution in [1.82, 2.24) is 10.2 Å². The molecule has 0 radical (unpaired) electrons. The molecule has 5 rings (SSSR count). The molecule has 2 N–H and O–H groups in total. The molecule has 13 heteroatoms. The number of nitrogens with zero attached hydrogens (tertiary/aromatic N) is 4. The predicted octanol–water partition coefficient (Wildman–Crippen LogP) is 4.57. The van der Waals surface area contributed by atoms with Gasteiger partial charge in [0.2, 0.25) is 5.91 Å². The van der Waals surface area contributed by atoms with E-state index in [2.05, 4.69) is 15.5 Å². The highest BCUT2D eigenvalue weighted by Crippen LogP contribution is 2.31. The molecule has 2 aliphatic rings. The monoisotopic (exact) mass is 634 g/mol. The summed E-state index contributed by atoms with van der Waals surface area (Å²) in [4.78, 5) is 42.9. The number of carbonyl (C=O) groups is 2. The van der Waals surface area contributed by atoms with Gasteiger partial charge in [0.1, 0.15) is 0 Å². The van der Waals surface area contributed by atoms with E-state index in [1.54, 1.807) is 29.2 Å². The predicted molar refractivity (Wildman–Crippen MR) is 176 cm³/mol. The first-order valence-electron chi connectivity index (χ1n) is 14.1. The Morgan fingerprint density at radius 3 is 2.30 bits per heavy atom. The van der Waals surface area contributed by atoms with E-state index in [4.69, 9.17) is 28.6 Å². The number of hydrogen-bond donors (Lipinski definition) is 2. The molecular formula is C31H31ClN6O5S. The molecule has 2 saturated heterocycles. The molecule has 0 aromatic heterocycles. The third kappa shape index (κ3) is 7.70. The number of nitrogens with one attached hydrogen (secondary N) is 2. The summed E-state index contributed by atoms with van der Waals surface area (Å²) in [5.41, 5.74) is 2.85. The molecule has 0 spiro atoms. The number of ether oxygens (including phenoxy) is 1. The van der Waals surface area contributed by atoms with Gasteiger partial charge in [-0.2, -0.15) is 0 Å². The van der Waals surface area contributed by atoms with Gasteiger partial charge >= 0.3 is 0 Å². The van der Waals surface area contributed by atoms with Crippen LogP contribution in [0.2, 0.25) is 5.02 Å². The highest BCUT2D eigenvalue weighted by atomic mass is 35.5. The van der Waals surface area contributed by atoms with Crippen LogP contribution >= 0.6 is 23.8 Å². The standard InChI is InChI=1S/C31H31ClN6O5S/c32-23-7-9-28(35-12-14-37(15-13-35)29(39)11-6-22-4-2-1-3-5-22)26(20-23)33-31(44)34-30(40)25-21-24(38(41)42)8-10-27(25)36-16-18-43-19-17-36/h1-11,20-21H,12-19H2,(H2,33,34,40,44)/b11-6+. The highest BCUT2D eigenvalue weighted by molar-refractivity contribution is 7.80. The fourth-order valence-electron chi connectivity index (χ4n) is 5.11. The van der Waals surface area contributed by atoms with E-state index in [9.17, 15) is 19.7 Å². The van der Waals surface area contributed by atoms with E-state index < -0.39 is 10.8 Å². The van der Waals surface area contributed by atoms with Crippen molar-refractivity contribution >= 4 is 69.6 Å². The second-order valence-electron chi connectivity index (χ2n) is 10.2. The van der Waals surface area contributed by atoms with Crippen molar-refractivity contribution in [3.63, 3.8) is 0 Å². The van der Waals surface area contributed by atoms with Crippen LogP contribution in [0.15, 0.2) is 72.8 Å². The summed E-state index contributed by atoms with van der Waals surface area (Å²) in [5, 5.41) is 17.7. The first-order chi connectivity index (χ1) is 21.3. The molecule has 2 heterocycles. The van der Waals surface area contributed by atoms with Gasteiger partial charge in [0.15, 0.2) is 5.11 Å². The van der Waals surface area contributed by atoms with Gasteiger partial charge in [0, 0.05) is 62.5 Å². The lowest BCUT2D eigenvalue weighted by Crippen LogP contribution is -2.48. The van der Waals surface area contributed by atoms with E-state index in [-0.39, 0.29) is 22.3 Å². The molecule has 3 aromatic rings. The highest BCUT2D eigenvalue weighted by Gasteiger charge is 2.24. The van der Waals surface area contributed by atoms with Gasteiger partial charge in [-0.05, 0) is 48.1 Å². The van der Waals surface area contributed by atoms with Crippen LogP contribution in [0.5, 0.6) is 0 Å². The summed E-state index contributed by atoms with van der Waals surface area (Å²) < 4.78 is 5.41. The minimum atomic E-state index is -0.577. The molecule has 228 valence electrons. The van der Waals surface area contributed by atoms with Gasteiger partial charge in [-0.3, -0.25) is 25.0 Å². The Bertz CT molecular complexity index is 1570. The average Bonchev–Trinajstić information content (AvgIpc) is 3.04. The third-order valence-corrected chi connectivity index (χ3v) is 7.81. The van der Waals surface area contributed by atoms with E-state index >= 15 is 0 Å². The molecule has 2 aliphatic heterocycles. The van der Waals surface area contributed by atoms with Crippen LogP contribution in [0.1, 0.15) is 15.9 Å². The number of morpholine rings is 1. The fourth-order valence-corrected chi connectivity index (χ4v) is 5.49. The Kier molecular flexibility index (Phi) is 10.1. The van der Waals surface area contributed by atoms with Gasteiger partial charge in [0.05, 0.1) is 40.8 Å². The van der Waals surface area contributed by atoms with Gasteiger partial charge < -0.3 is 24.8 Å². The number of nitro groups is 1. The number of hydrogen-bond acceptors (Lipinski definition) is 8. The summed E-state index contributed by atoms with van der Waals surface area (Å²) in [6.45, 7) is 4.29. The third-order valence-electron chi connectivity index (χ3n) is 7.37. The van der Waals surface area contributed by atoms with Crippen LogP contribution in [0.25, 0.3) is 6.08 Å². The minimum Gasteiger partial charge on any atom is -0.378 e. The van der Waals surface area contributed by atoms with Crippen molar-refractivity contribution in [3.05, 3.63) is 99.1 Å². The zero-order valence-electron chi connectivity index (χ0n) is 23.8. The number of non-ortho nitro benzene ring substituents is 1. The Hall–Kier alpha value is -4.52. The van der Waals surface area contributed by atoms with Crippen molar-refractivity contribution in [2.24, 2.45) is 0 Å². The van der Waals surface area contributed by atoms with Gasteiger partial charge in [0.25, 0.3) is 11.6 Å². The number of halogens is 1. The first-order valence-corrected chi connectivity index (χ1v) is 14.9. The number of thiocarbonyl (C=S) groups is 1. The summed E-state index contributed by atoms with van der Waals surface area (Å²) >= 11 is 11.8. The maximum atomic E-state index is 13.4. The van der Waals surface area contributed by atoms with Crippen LogP contribution in [0, 0.1) is 10.1 Å². The van der Waals surface area contributed by atoms with Crippen molar-refractivity contribution in [2.75, 3.05) is 67.6 Å². The zero-order chi connectivity index (χ0) is 31.1. The van der Waals surface area contributed by atoms with E-state index in [0.717, 1.165) is 11.3 Å². The number of carbonyl (C=O) groups excluding carboxylic acids is 2. The van der Waals surface area contributed by atoms with Crippen molar-refractivity contribution in [3.8, 4) is 0 Å². The fraction of sp³-hybridized carbons (Fsp3) is 0.258. The Morgan fingerprint density at radius 1 is 0.909 bits per heavy atom.